The standard InChI is InChI=1S/C32H36Cl2FN3O4S/c1-3-30(32(40)36-27-7-5-4-6-8-27)37(20-23-11-13-26(35)14-12-23)31(39)21-38(28-18-24(33)17-25(34)19-28)43(41,42)29-15-9-22(2)10-16-29/h9-19,27,30H,3-8,20-21H2,1-2H3,(H,36,40). The highest BCUT2D eigenvalue weighted by Crippen LogP contribution is 2.30. The van der Waals surface area contributed by atoms with Crippen molar-refractivity contribution in [2.24, 2.45) is 0 Å². The minimum absolute atomic E-state index is 0.0186. The summed E-state index contributed by atoms with van der Waals surface area (Å²) in [6.45, 7) is 2.99. The molecule has 0 aliphatic heterocycles. The Labute approximate surface area is 263 Å². The predicted molar refractivity (Wildman–Crippen MR) is 168 cm³/mol. The number of amides is 2. The summed E-state index contributed by atoms with van der Waals surface area (Å²) in [7, 11) is -4.27. The van der Waals surface area contributed by atoms with E-state index in [0.29, 0.717) is 12.0 Å². The number of hydrogen-bond acceptors (Lipinski definition) is 4. The highest BCUT2D eigenvalue weighted by molar-refractivity contribution is 7.92. The molecule has 3 aromatic rings. The molecule has 1 fully saturated rings. The summed E-state index contributed by atoms with van der Waals surface area (Å²) in [5.41, 5.74) is 1.57. The van der Waals surface area contributed by atoms with Gasteiger partial charge in [0.05, 0.1) is 10.6 Å². The molecule has 1 aliphatic rings. The molecule has 1 N–H and O–H groups in total. The first-order chi connectivity index (χ1) is 20.5. The third kappa shape index (κ3) is 8.49. The van der Waals surface area contributed by atoms with Crippen LogP contribution in [0.3, 0.4) is 0 Å². The number of carbonyl (C=O) groups is 2. The van der Waals surface area contributed by atoms with Crippen molar-refractivity contribution in [2.45, 2.75) is 75.9 Å². The minimum Gasteiger partial charge on any atom is -0.352 e. The number of nitrogens with zero attached hydrogens (tertiary/aromatic N) is 2. The number of nitrogens with one attached hydrogen (secondary N) is 1. The van der Waals surface area contributed by atoms with Gasteiger partial charge in [0.2, 0.25) is 11.8 Å². The monoisotopic (exact) mass is 647 g/mol. The van der Waals surface area contributed by atoms with Crippen LogP contribution in [0.2, 0.25) is 10.0 Å². The average Bonchev–Trinajstić information content (AvgIpc) is 2.97. The van der Waals surface area contributed by atoms with Crippen molar-refractivity contribution in [3.8, 4) is 0 Å². The van der Waals surface area contributed by atoms with Gasteiger partial charge in [-0.25, -0.2) is 12.8 Å². The number of carbonyl (C=O) groups excluding carboxylic acids is 2. The summed E-state index contributed by atoms with van der Waals surface area (Å²) >= 11 is 12.5. The smallest absolute Gasteiger partial charge is 0.264 e. The van der Waals surface area contributed by atoms with E-state index in [4.69, 9.17) is 23.2 Å². The van der Waals surface area contributed by atoms with Gasteiger partial charge in [0.1, 0.15) is 18.4 Å². The molecule has 3 aromatic carbocycles. The van der Waals surface area contributed by atoms with Gasteiger partial charge in [0.15, 0.2) is 0 Å². The highest BCUT2D eigenvalue weighted by Gasteiger charge is 2.34. The van der Waals surface area contributed by atoms with Crippen molar-refractivity contribution in [3.63, 3.8) is 0 Å². The highest BCUT2D eigenvalue weighted by atomic mass is 35.5. The molecular formula is C32H36Cl2FN3O4S. The predicted octanol–water partition coefficient (Wildman–Crippen LogP) is 6.89. The number of aryl methyl sites for hydroxylation is 1. The van der Waals surface area contributed by atoms with Gasteiger partial charge >= 0.3 is 0 Å². The van der Waals surface area contributed by atoms with Gasteiger partial charge in [-0.3, -0.25) is 13.9 Å². The lowest BCUT2D eigenvalue weighted by Crippen LogP contribution is -2.54. The Balaban J connectivity index is 1.72. The Hall–Kier alpha value is -3.14. The fourth-order valence-corrected chi connectivity index (χ4v) is 7.21. The summed E-state index contributed by atoms with van der Waals surface area (Å²) < 4.78 is 42.7. The number of sulfonamides is 1. The second-order valence-corrected chi connectivity index (χ2v) is 13.6. The van der Waals surface area contributed by atoms with E-state index < -0.39 is 34.3 Å². The number of halogens is 3. The molecule has 1 atom stereocenters. The lowest BCUT2D eigenvalue weighted by molar-refractivity contribution is -0.140. The van der Waals surface area contributed by atoms with E-state index in [1.165, 1.54) is 47.4 Å². The van der Waals surface area contributed by atoms with Crippen molar-refractivity contribution in [1.82, 2.24) is 10.2 Å². The molecule has 1 aliphatic carbocycles. The van der Waals surface area contributed by atoms with E-state index in [2.05, 4.69) is 5.32 Å². The van der Waals surface area contributed by atoms with Crippen LogP contribution in [0.5, 0.6) is 0 Å². The van der Waals surface area contributed by atoms with Crippen LogP contribution in [0, 0.1) is 12.7 Å². The SMILES string of the molecule is CCC(C(=O)NC1CCCCC1)N(Cc1ccc(F)cc1)C(=O)CN(c1cc(Cl)cc(Cl)c1)S(=O)(=O)c1ccc(C)cc1. The molecule has 0 radical (unpaired) electrons. The third-order valence-corrected chi connectivity index (χ3v) is 9.85. The number of rotatable bonds is 11. The summed E-state index contributed by atoms with van der Waals surface area (Å²) in [6.07, 6.45) is 5.19. The van der Waals surface area contributed by atoms with Gasteiger partial charge in [-0.2, -0.15) is 0 Å². The molecule has 1 unspecified atom stereocenters. The van der Waals surface area contributed by atoms with Crippen molar-refractivity contribution >= 4 is 50.7 Å². The first-order valence-electron chi connectivity index (χ1n) is 14.4. The summed E-state index contributed by atoms with van der Waals surface area (Å²) in [6, 6.07) is 15.4. The molecule has 0 aromatic heterocycles. The largest absolute Gasteiger partial charge is 0.352 e. The molecular weight excluding hydrogens is 612 g/mol. The maximum Gasteiger partial charge on any atom is 0.264 e. The van der Waals surface area contributed by atoms with Crippen molar-refractivity contribution in [3.05, 3.63) is 93.7 Å². The normalized spacial score (nSPS) is 14.6. The Morgan fingerprint density at radius 2 is 1.56 bits per heavy atom. The first kappa shape index (κ1) is 32.8. The summed E-state index contributed by atoms with van der Waals surface area (Å²) in [5, 5.41) is 3.49. The topological polar surface area (TPSA) is 86.8 Å². The zero-order valence-corrected chi connectivity index (χ0v) is 26.6. The molecule has 1 saturated carbocycles. The Kier molecular flexibility index (Phi) is 11.1. The zero-order chi connectivity index (χ0) is 31.1. The molecule has 0 bridgehead atoms. The van der Waals surface area contributed by atoms with Crippen LogP contribution in [-0.2, 0) is 26.2 Å². The average molecular weight is 649 g/mol. The van der Waals surface area contributed by atoms with Gasteiger partial charge in [-0.1, -0.05) is 79.2 Å². The minimum atomic E-state index is -4.27. The van der Waals surface area contributed by atoms with E-state index >= 15 is 0 Å². The van der Waals surface area contributed by atoms with Crippen LogP contribution in [0.25, 0.3) is 0 Å². The van der Waals surface area contributed by atoms with Crippen LogP contribution in [-0.4, -0.2) is 43.8 Å². The van der Waals surface area contributed by atoms with Gasteiger partial charge < -0.3 is 10.2 Å². The number of anilines is 1. The molecule has 0 spiro atoms. The van der Waals surface area contributed by atoms with Crippen molar-refractivity contribution in [1.29, 1.82) is 0 Å². The fourth-order valence-electron chi connectivity index (χ4n) is 5.30. The maximum absolute atomic E-state index is 14.2. The second kappa shape index (κ2) is 14.6. The van der Waals surface area contributed by atoms with Gasteiger partial charge in [-0.15, -0.1) is 0 Å². The maximum atomic E-state index is 14.2. The van der Waals surface area contributed by atoms with E-state index in [-0.39, 0.29) is 39.1 Å². The van der Waals surface area contributed by atoms with Crippen molar-refractivity contribution in [2.75, 3.05) is 10.8 Å². The van der Waals surface area contributed by atoms with Gasteiger partial charge in [0, 0.05) is 22.6 Å². The molecule has 0 saturated heterocycles. The van der Waals surface area contributed by atoms with Crippen LogP contribution < -0.4 is 9.62 Å². The van der Waals surface area contributed by atoms with E-state index in [9.17, 15) is 22.4 Å². The quantitative estimate of drug-likeness (QED) is 0.245. The first-order valence-corrected chi connectivity index (χ1v) is 16.6. The second-order valence-electron chi connectivity index (χ2n) is 10.9. The fraction of sp³-hybridized carbons (Fsp3) is 0.375. The van der Waals surface area contributed by atoms with E-state index in [1.807, 2.05) is 6.92 Å². The number of hydrogen-bond donors (Lipinski definition) is 1. The molecule has 4 rings (SSSR count). The third-order valence-electron chi connectivity index (χ3n) is 7.63. The molecule has 0 heterocycles. The molecule has 7 nitrogen and oxygen atoms in total. The van der Waals surface area contributed by atoms with E-state index in [1.54, 1.807) is 31.2 Å². The lowest BCUT2D eigenvalue weighted by Gasteiger charge is -2.34. The molecule has 11 heteroatoms. The van der Waals surface area contributed by atoms with Crippen LogP contribution in [0.15, 0.2) is 71.6 Å². The molecule has 230 valence electrons. The van der Waals surface area contributed by atoms with Gasteiger partial charge in [0.25, 0.3) is 10.0 Å². The Bertz CT molecular complexity index is 1510. The molecule has 43 heavy (non-hydrogen) atoms. The number of benzene rings is 3. The molecule has 2 amide bonds. The lowest BCUT2D eigenvalue weighted by atomic mass is 9.95. The van der Waals surface area contributed by atoms with Crippen LogP contribution >= 0.6 is 23.2 Å². The Morgan fingerprint density at radius 1 is 0.953 bits per heavy atom. The van der Waals surface area contributed by atoms with Gasteiger partial charge in [-0.05, 0) is 74.2 Å². The zero-order valence-electron chi connectivity index (χ0n) is 24.2. The summed E-state index contributed by atoms with van der Waals surface area (Å²) in [5.74, 6) is -1.35. The van der Waals surface area contributed by atoms with Crippen molar-refractivity contribution < 1.29 is 22.4 Å². The van der Waals surface area contributed by atoms with Crippen LogP contribution in [0.1, 0.15) is 56.6 Å². The van der Waals surface area contributed by atoms with E-state index in [0.717, 1.165) is 42.0 Å². The van der Waals surface area contributed by atoms with Crippen LogP contribution in [0.4, 0.5) is 10.1 Å². The summed E-state index contributed by atoms with van der Waals surface area (Å²) in [4.78, 5) is 29.1. The Morgan fingerprint density at radius 3 is 2.14 bits per heavy atom.